The minimum absolute atomic E-state index is 0.0316. The molecule has 0 radical (unpaired) electrons. The summed E-state index contributed by atoms with van der Waals surface area (Å²) in [4.78, 5) is 27.9. The summed E-state index contributed by atoms with van der Waals surface area (Å²) in [6.07, 6.45) is 4.84. The van der Waals surface area contributed by atoms with Crippen molar-refractivity contribution in [3.8, 4) is 11.1 Å². The van der Waals surface area contributed by atoms with Gasteiger partial charge in [-0.1, -0.05) is 36.4 Å². The van der Waals surface area contributed by atoms with E-state index in [2.05, 4.69) is 26.4 Å². The average Bonchev–Trinajstić information content (AvgIpc) is 3.12. The first-order valence-corrected chi connectivity index (χ1v) is 8.80. The van der Waals surface area contributed by atoms with Gasteiger partial charge >= 0.3 is 0 Å². The molecule has 0 spiro atoms. The van der Waals surface area contributed by atoms with E-state index < -0.39 is 0 Å². The van der Waals surface area contributed by atoms with E-state index >= 15 is 0 Å². The molecule has 0 bridgehead atoms. The zero-order chi connectivity index (χ0) is 18.1. The Morgan fingerprint density at radius 2 is 1.92 bits per heavy atom. The number of H-pyrrole nitrogens is 1. The summed E-state index contributed by atoms with van der Waals surface area (Å²) in [5.74, 6) is 0.827. The van der Waals surface area contributed by atoms with Crippen LogP contribution in [-0.2, 0) is 4.79 Å². The lowest BCUT2D eigenvalue weighted by Gasteiger charge is -2.35. The van der Waals surface area contributed by atoms with Gasteiger partial charge in [0.1, 0.15) is 17.8 Å². The van der Waals surface area contributed by atoms with Gasteiger partial charge in [-0.15, -0.1) is 0 Å². The van der Waals surface area contributed by atoms with Crippen LogP contribution in [0.1, 0.15) is 0 Å². The molecule has 1 amide bonds. The van der Waals surface area contributed by atoms with Crippen LogP contribution in [0.2, 0.25) is 5.02 Å². The molecule has 0 aliphatic carbocycles. The van der Waals surface area contributed by atoms with Crippen molar-refractivity contribution in [2.75, 3.05) is 31.1 Å². The SMILES string of the molecule is C=CC(=O)N1CCN(c2ncnc3[nH]cc(-c4ccccc4Cl)c23)CC1. The Bertz CT molecular complexity index is 975. The minimum Gasteiger partial charge on any atom is -0.352 e. The molecule has 2 aromatic heterocycles. The van der Waals surface area contributed by atoms with Crippen LogP contribution in [-0.4, -0.2) is 51.9 Å². The van der Waals surface area contributed by atoms with Gasteiger partial charge in [0.25, 0.3) is 0 Å². The highest BCUT2D eigenvalue weighted by molar-refractivity contribution is 6.33. The molecule has 1 saturated heterocycles. The van der Waals surface area contributed by atoms with E-state index in [-0.39, 0.29) is 5.91 Å². The number of hydrogen-bond donors (Lipinski definition) is 1. The maximum atomic E-state index is 11.8. The molecule has 1 aliphatic rings. The summed E-state index contributed by atoms with van der Waals surface area (Å²) < 4.78 is 0. The second-order valence-electron chi connectivity index (χ2n) is 6.12. The molecule has 0 atom stereocenters. The number of aromatic amines is 1. The van der Waals surface area contributed by atoms with Crippen molar-refractivity contribution >= 4 is 34.4 Å². The summed E-state index contributed by atoms with van der Waals surface area (Å²) in [7, 11) is 0. The van der Waals surface area contributed by atoms with Crippen molar-refractivity contribution in [1.29, 1.82) is 0 Å². The topological polar surface area (TPSA) is 65.1 Å². The Morgan fingerprint density at radius 1 is 1.15 bits per heavy atom. The highest BCUT2D eigenvalue weighted by atomic mass is 35.5. The summed E-state index contributed by atoms with van der Waals surface area (Å²) in [5.41, 5.74) is 2.69. The van der Waals surface area contributed by atoms with Gasteiger partial charge in [0, 0.05) is 48.5 Å². The summed E-state index contributed by atoms with van der Waals surface area (Å²) in [6, 6.07) is 7.73. The smallest absolute Gasteiger partial charge is 0.246 e. The maximum absolute atomic E-state index is 11.8. The van der Waals surface area contributed by atoms with Crippen LogP contribution in [0, 0.1) is 0 Å². The molecule has 3 aromatic rings. The molecule has 0 unspecified atom stereocenters. The van der Waals surface area contributed by atoms with Gasteiger partial charge in [-0.05, 0) is 12.1 Å². The molecule has 1 aromatic carbocycles. The zero-order valence-electron chi connectivity index (χ0n) is 14.2. The first-order valence-electron chi connectivity index (χ1n) is 8.42. The van der Waals surface area contributed by atoms with Crippen molar-refractivity contribution in [2.24, 2.45) is 0 Å². The fourth-order valence-corrected chi connectivity index (χ4v) is 3.58. The lowest BCUT2D eigenvalue weighted by atomic mass is 10.1. The number of anilines is 1. The molecule has 1 aliphatic heterocycles. The number of rotatable bonds is 3. The Balaban J connectivity index is 1.73. The second-order valence-corrected chi connectivity index (χ2v) is 6.53. The third-order valence-electron chi connectivity index (χ3n) is 4.68. The van der Waals surface area contributed by atoms with E-state index in [1.807, 2.05) is 30.5 Å². The van der Waals surface area contributed by atoms with Gasteiger partial charge in [-0.25, -0.2) is 9.97 Å². The number of carbonyl (C=O) groups is 1. The van der Waals surface area contributed by atoms with Crippen molar-refractivity contribution in [3.05, 3.63) is 54.5 Å². The Hall–Kier alpha value is -2.86. The van der Waals surface area contributed by atoms with E-state index in [0.717, 1.165) is 28.0 Å². The quantitative estimate of drug-likeness (QED) is 0.722. The van der Waals surface area contributed by atoms with E-state index in [0.29, 0.717) is 31.2 Å². The van der Waals surface area contributed by atoms with Crippen LogP contribution in [0.25, 0.3) is 22.2 Å². The number of nitrogens with one attached hydrogen (secondary N) is 1. The van der Waals surface area contributed by atoms with Crippen molar-refractivity contribution in [2.45, 2.75) is 0 Å². The van der Waals surface area contributed by atoms with Crippen molar-refractivity contribution < 1.29 is 4.79 Å². The zero-order valence-corrected chi connectivity index (χ0v) is 14.9. The number of benzene rings is 1. The summed E-state index contributed by atoms with van der Waals surface area (Å²) >= 11 is 6.40. The molecule has 132 valence electrons. The van der Waals surface area contributed by atoms with E-state index in [9.17, 15) is 4.79 Å². The van der Waals surface area contributed by atoms with Gasteiger partial charge in [-0.3, -0.25) is 4.79 Å². The highest BCUT2D eigenvalue weighted by Crippen LogP contribution is 2.37. The van der Waals surface area contributed by atoms with Crippen LogP contribution in [0.15, 0.2) is 49.4 Å². The van der Waals surface area contributed by atoms with Gasteiger partial charge < -0.3 is 14.8 Å². The maximum Gasteiger partial charge on any atom is 0.246 e. The molecule has 3 heterocycles. The van der Waals surface area contributed by atoms with Crippen molar-refractivity contribution in [3.63, 3.8) is 0 Å². The van der Waals surface area contributed by atoms with Crippen LogP contribution in [0.5, 0.6) is 0 Å². The molecule has 4 rings (SSSR count). The summed E-state index contributed by atoms with van der Waals surface area (Å²) in [6.45, 7) is 6.25. The Morgan fingerprint density at radius 3 is 2.65 bits per heavy atom. The number of halogens is 1. The molecular formula is C19H18ClN5O. The molecule has 1 fully saturated rings. The first kappa shape index (κ1) is 16.6. The van der Waals surface area contributed by atoms with Crippen LogP contribution < -0.4 is 4.90 Å². The number of aromatic nitrogens is 3. The predicted molar refractivity (Wildman–Crippen MR) is 103 cm³/mol. The third kappa shape index (κ3) is 2.82. The summed E-state index contributed by atoms with van der Waals surface area (Å²) in [5, 5.41) is 1.63. The number of amides is 1. The van der Waals surface area contributed by atoms with E-state index in [4.69, 9.17) is 11.6 Å². The van der Waals surface area contributed by atoms with Gasteiger partial charge in [-0.2, -0.15) is 0 Å². The lowest BCUT2D eigenvalue weighted by Crippen LogP contribution is -2.48. The van der Waals surface area contributed by atoms with Crippen LogP contribution in [0.4, 0.5) is 5.82 Å². The molecular weight excluding hydrogens is 350 g/mol. The molecule has 1 N–H and O–H groups in total. The van der Waals surface area contributed by atoms with Gasteiger partial charge in [0.2, 0.25) is 5.91 Å². The number of nitrogens with zero attached hydrogens (tertiary/aromatic N) is 4. The fourth-order valence-electron chi connectivity index (χ4n) is 3.35. The van der Waals surface area contributed by atoms with Crippen LogP contribution in [0.3, 0.4) is 0 Å². The molecule has 0 saturated carbocycles. The van der Waals surface area contributed by atoms with Gasteiger partial charge in [0.15, 0.2) is 0 Å². The predicted octanol–water partition coefficient (Wildman–Crippen LogP) is 3.11. The largest absolute Gasteiger partial charge is 0.352 e. The van der Waals surface area contributed by atoms with Crippen LogP contribution >= 0.6 is 11.6 Å². The van der Waals surface area contributed by atoms with E-state index in [1.165, 1.54) is 6.08 Å². The fraction of sp³-hybridized carbons (Fsp3) is 0.211. The number of hydrogen-bond acceptors (Lipinski definition) is 4. The second kappa shape index (κ2) is 6.80. The number of fused-ring (bicyclic) bond motifs is 1. The minimum atomic E-state index is -0.0316. The molecule has 26 heavy (non-hydrogen) atoms. The standard InChI is InChI=1S/C19H18ClN5O/c1-2-16(26)24-7-9-25(10-8-24)19-17-14(11-21-18(17)22-12-23-19)13-5-3-4-6-15(13)20/h2-6,11-12H,1,7-10H2,(H,21,22,23). The normalized spacial score (nSPS) is 14.7. The Labute approximate surface area is 156 Å². The Kier molecular flexibility index (Phi) is 4.34. The highest BCUT2D eigenvalue weighted by Gasteiger charge is 2.24. The van der Waals surface area contributed by atoms with E-state index in [1.54, 1.807) is 11.2 Å². The lowest BCUT2D eigenvalue weighted by molar-refractivity contribution is -0.126. The number of piperazine rings is 1. The first-order chi connectivity index (χ1) is 12.7. The molecule has 6 nitrogen and oxygen atoms in total. The number of carbonyl (C=O) groups excluding carboxylic acids is 1. The molecule has 7 heteroatoms. The van der Waals surface area contributed by atoms with Crippen molar-refractivity contribution in [1.82, 2.24) is 19.9 Å². The third-order valence-corrected chi connectivity index (χ3v) is 5.01. The average molecular weight is 368 g/mol. The van der Waals surface area contributed by atoms with Gasteiger partial charge in [0.05, 0.1) is 5.39 Å². The monoisotopic (exact) mass is 367 g/mol.